The summed E-state index contributed by atoms with van der Waals surface area (Å²) in [6.07, 6.45) is 5.57. The Labute approximate surface area is 193 Å². The van der Waals surface area contributed by atoms with Gasteiger partial charge in [-0.25, -0.2) is 0 Å². The first kappa shape index (κ1) is 20.2. The molecule has 3 aliphatic rings. The summed E-state index contributed by atoms with van der Waals surface area (Å²) < 4.78 is 13.0. The summed E-state index contributed by atoms with van der Waals surface area (Å²) in [5, 5.41) is 2.15. The molecule has 3 aromatic rings. The van der Waals surface area contributed by atoms with Gasteiger partial charge in [0, 0.05) is 18.8 Å². The minimum Gasteiger partial charge on any atom is -0.474 e. The maximum absolute atomic E-state index is 13.6. The van der Waals surface area contributed by atoms with Crippen LogP contribution in [0.1, 0.15) is 38.8 Å². The smallest absolute Gasteiger partial charge is 0.278 e. The molecule has 1 aromatic heterocycles. The van der Waals surface area contributed by atoms with E-state index in [4.69, 9.17) is 9.26 Å². The Morgan fingerprint density at radius 2 is 1.61 bits per heavy atom. The summed E-state index contributed by atoms with van der Waals surface area (Å²) in [5.74, 6) is -0.209. The van der Waals surface area contributed by atoms with Gasteiger partial charge in [-0.2, -0.15) is 0 Å². The van der Waals surface area contributed by atoms with Crippen molar-refractivity contribution in [2.45, 2.75) is 12.2 Å². The maximum atomic E-state index is 13.6. The highest BCUT2D eigenvalue weighted by atomic mass is 31.0. The highest BCUT2D eigenvalue weighted by molar-refractivity contribution is 7.10. The van der Waals surface area contributed by atoms with Gasteiger partial charge in [0.15, 0.2) is 5.69 Å². The number of pyridine rings is 1. The van der Waals surface area contributed by atoms with Crippen LogP contribution in [0.5, 0.6) is 5.75 Å². The van der Waals surface area contributed by atoms with E-state index in [9.17, 15) is 9.59 Å². The average molecular weight is 459 g/mol. The van der Waals surface area contributed by atoms with Gasteiger partial charge < -0.3 is 14.2 Å². The molecule has 0 N–H and O–H groups in total. The van der Waals surface area contributed by atoms with Crippen LogP contribution in [0.3, 0.4) is 0 Å². The first-order valence-corrected chi connectivity index (χ1v) is 11.3. The van der Waals surface area contributed by atoms with Gasteiger partial charge in [0.05, 0.1) is 28.7 Å². The van der Waals surface area contributed by atoms with Crippen molar-refractivity contribution in [1.29, 1.82) is 0 Å². The first-order valence-electron chi connectivity index (χ1n) is 10.8. The van der Waals surface area contributed by atoms with Crippen molar-refractivity contribution in [3.05, 3.63) is 99.0 Å². The lowest BCUT2D eigenvalue weighted by Gasteiger charge is -2.51. The number of carbonyl (C=O) groups excluding carboxylic acids is 1. The number of carbonyl (C=O) groups is 1. The number of aromatic nitrogens is 1. The molecule has 6 rings (SSSR count). The van der Waals surface area contributed by atoms with Crippen LogP contribution >= 0.6 is 9.47 Å². The fourth-order valence-corrected chi connectivity index (χ4v) is 5.32. The van der Waals surface area contributed by atoms with Gasteiger partial charge in [-0.1, -0.05) is 60.7 Å². The molecule has 0 saturated carbocycles. The van der Waals surface area contributed by atoms with Gasteiger partial charge in [0.2, 0.25) is 11.2 Å². The molecule has 1 aliphatic carbocycles. The van der Waals surface area contributed by atoms with Gasteiger partial charge in [0.25, 0.3) is 5.91 Å². The van der Waals surface area contributed by atoms with Crippen LogP contribution in [-0.4, -0.2) is 41.4 Å². The predicted molar refractivity (Wildman–Crippen MR) is 129 cm³/mol. The van der Waals surface area contributed by atoms with Crippen LogP contribution in [0.15, 0.2) is 65.6 Å². The number of rotatable bonds is 2. The number of benzene rings is 2. The van der Waals surface area contributed by atoms with E-state index < -0.39 is 0 Å². The van der Waals surface area contributed by atoms with Gasteiger partial charge in [-0.15, -0.1) is 0 Å². The van der Waals surface area contributed by atoms with Crippen molar-refractivity contribution in [3.63, 3.8) is 0 Å². The highest BCUT2D eigenvalue weighted by Gasteiger charge is 2.45. The number of nitrogens with zero attached hydrogens (tertiary/aromatic N) is 3. The summed E-state index contributed by atoms with van der Waals surface area (Å²) >= 11 is 0. The van der Waals surface area contributed by atoms with Gasteiger partial charge in [-0.3, -0.25) is 19.3 Å². The minimum absolute atomic E-state index is 0.0239. The number of hydrogen-bond donors (Lipinski definition) is 0. The number of fused-ring (bicyclic) bond motifs is 4. The predicted octanol–water partition coefficient (Wildman–Crippen LogP) is 3.04. The quantitative estimate of drug-likeness (QED) is 0.552. The molecule has 1 fully saturated rings. The fraction of sp³-hybridized carbons (Fsp3) is 0.200. The maximum Gasteiger partial charge on any atom is 0.278 e. The molecular weight excluding hydrogens is 437 g/mol. The molecule has 33 heavy (non-hydrogen) atoms. The van der Waals surface area contributed by atoms with E-state index in [0.717, 1.165) is 22.3 Å². The molecular formula is C25H22N3O4P. The Morgan fingerprint density at radius 3 is 2.27 bits per heavy atom. The SMILES string of the molecule is O=C1c2c(OP)c(=O)ccn2N(C2c3ccccc3C=Cc3ccccc32)[C@@H]2COCCN12. The number of hydrogen-bond acceptors (Lipinski definition) is 5. The van der Waals surface area contributed by atoms with Crippen molar-refractivity contribution in [2.24, 2.45) is 0 Å². The Kier molecular flexibility index (Phi) is 4.82. The lowest BCUT2D eigenvalue weighted by molar-refractivity contribution is -0.0195. The molecule has 1 amide bonds. The zero-order valence-electron chi connectivity index (χ0n) is 17.8. The van der Waals surface area contributed by atoms with Gasteiger partial charge >= 0.3 is 0 Å². The van der Waals surface area contributed by atoms with Crippen LogP contribution in [0.2, 0.25) is 0 Å². The van der Waals surface area contributed by atoms with Crippen LogP contribution < -0.4 is 15.0 Å². The van der Waals surface area contributed by atoms with Crippen LogP contribution in [0, 0.1) is 0 Å². The Bertz CT molecular complexity index is 1300. The summed E-state index contributed by atoms with van der Waals surface area (Å²) in [6.45, 7) is 1.25. The second-order valence-electron chi connectivity index (χ2n) is 8.25. The number of morpholine rings is 1. The highest BCUT2D eigenvalue weighted by Crippen LogP contribution is 2.40. The molecule has 7 nitrogen and oxygen atoms in total. The number of ether oxygens (including phenoxy) is 1. The molecule has 166 valence electrons. The summed E-state index contributed by atoms with van der Waals surface area (Å²) in [4.78, 5) is 27.9. The standard InChI is InChI=1S/C25H22N3O4P/c29-20-11-12-27-23(24(20)32-33)25(30)26-13-14-31-15-21(26)28(27)22-18-7-3-1-5-16(18)9-10-17-6-2-4-8-19(17)22/h1-12,21-22H,13-15,33H2/t21-/m1/s1. The Hall–Kier alpha value is -3.41. The third-order valence-electron chi connectivity index (χ3n) is 6.56. The Balaban J connectivity index is 1.67. The largest absolute Gasteiger partial charge is 0.474 e. The molecule has 2 aromatic carbocycles. The lowest BCUT2D eigenvalue weighted by Crippen LogP contribution is -2.66. The topological polar surface area (TPSA) is 64.0 Å². The van der Waals surface area contributed by atoms with Crippen molar-refractivity contribution >= 4 is 27.5 Å². The van der Waals surface area contributed by atoms with E-state index in [2.05, 4.69) is 50.9 Å². The van der Waals surface area contributed by atoms with Crippen molar-refractivity contribution in [3.8, 4) is 5.75 Å². The normalized spacial score (nSPS) is 19.3. The third kappa shape index (κ3) is 3.04. The number of amides is 1. The third-order valence-corrected chi connectivity index (χ3v) is 6.80. The summed E-state index contributed by atoms with van der Waals surface area (Å²) in [6, 6.07) is 17.7. The first-order chi connectivity index (χ1) is 16.2. The van der Waals surface area contributed by atoms with Crippen molar-refractivity contribution in [1.82, 2.24) is 9.58 Å². The fourth-order valence-electron chi connectivity index (χ4n) is 5.09. The summed E-state index contributed by atoms with van der Waals surface area (Å²) in [5.41, 5.74) is 4.31. The van der Waals surface area contributed by atoms with Gasteiger partial charge in [0.1, 0.15) is 6.17 Å². The van der Waals surface area contributed by atoms with E-state index in [-0.39, 0.29) is 35.0 Å². The second-order valence-corrected chi connectivity index (χ2v) is 8.48. The summed E-state index contributed by atoms with van der Waals surface area (Å²) in [7, 11) is 2.10. The molecule has 1 saturated heterocycles. The average Bonchev–Trinajstić information content (AvgIpc) is 3.02. The molecule has 8 heteroatoms. The zero-order valence-corrected chi connectivity index (χ0v) is 18.9. The molecule has 2 atom stereocenters. The van der Waals surface area contributed by atoms with E-state index in [1.54, 1.807) is 15.8 Å². The minimum atomic E-state index is -0.345. The van der Waals surface area contributed by atoms with Crippen molar-refractivity contribution < 1.29 is 14.1 Å². The van der Waals surface area contributed by atoms with Crippen molar-refractivity contribution in [2.75, 3.05) is 24.8 Å². The van der Waals surface area contributed by atoms with E-state index in [0.29, 0.717) is 19.8 Å². The second kappa shape index (κ2) is 7.87. The molecule has 1 unspecified atom stereocenters. The molecule has 3 heterocycles. The lowest BCUT2D eigenvalue weighted by atomic mass is 9.92. The van der Waals surface area contributed by atoms with E-state index in [1.807, 2.05) is 24.3 Å². The van der Waals surface area contributed by atoms with E-state index in [1.165, 1.54) is 6.07 Å². The van der Waals surface area contributed by atoms with E-state index >= 15 is 0 Å². The van der Waals surface area contributed by atoms with Crippen LogP contribution in [0.25, 0.3) is 12.2 Å². The van der Waals surface area contributed by atoms with Crippen LogP contribution in [-0.2, 0) is 4.74 Å². The molecule has 0 bridgehead atoms. The molecule has 2 aliphatic heterocycles. The Morgan fingerprint density at radius 1 is 0.939 bits per heavy atom. The molecule has 0 spiro atoms. The van der Waals surface area contributed by atoms with Crippen LogP contribution in [0.4, 0.5) is 0 Å². The zero-order chi connectivity index (χ0) is 22.5. The van der Waals surface area contributed by atoms with Gasteiger partial charge in [-0.05, 0) is 22.3 Å². The molecule has 0 radical (unpaired) electrons. The monoisotopic (exact) mass is 459 g/mol.